The Labute approximate surface area is 319 Å². The molecule has 0 saturated carbocycles. The van der Waals surface area contributed by atoms with E-state index in [1.54, 1.807) is 20.8 Å². The summed E-state index contributed by atoms with van der Waals surface area (Å²) in [5.74, 6) is -1.79. The van der Waals surface area contributed by atoms with Gasteiger partial charge in [-0.15, -0.1) is 11.3 Å². The number of thiophene rings is 1. The summed E-state index contributed by atoms with van der Waals surface area (Å²) in [6.07, 6.45) is 1.85. The van der Waals surface area contributed by atoms with Crippen molar-refractivity contribution in [2.24, 2.45) is 5.92 Å². The van der Waals surface area contributed by atoms with Crippen molar-refractivity contribution < 1.29 is 37.0 Å². The number of methoxy groups -OCH3 is 1. The third-order valence-corrected chi connectivity index (χ3v) is 11.8. The Hall–Kier alpha value is -4.39. The molecule has 54 heavy (non-hydrogen) atoms. The van der Waals surface area contributed by atoms with E-state index in [1.807, 2.05) is 11.0 Å². The molecule has 16 heteroatoms. The van der Waals surface area contributed by atoms with Crippen LogP contribution in [0.3, 0.4) is 0 Å². The molecule has 4 aromatic rings. The lowest BCUT2D eigenvalue weighted by Gasteiger charge is -2.31. The number of anilines is 2. The summed E-state index contributed by atoms with van der Waals surface area (Å²) in [4.78, 5) is 38.5. The maximum atomic E-state index is 17.3. The van der Waals surface area contributed by atoms with E-state index in [1.165, 1.54) is 19.2 Å². The van der Waals surface area contributed by atoms with Gasteiger partial charge in [-0.25, -0.2) is 18.0 Å². The van der Waals surface area contributed by atoms with E-state index in [2.05, 4.69) is 15.2 Å². The van der Waals surface area contributed by atoms with Crippen LogP contribution in [0.4, 0.5) is 28.8 Å². The van der Waals surface area contributed by atoms with Crippen molar-refractivity contribution in [2.45, 2.75) is 76.6 Å². The minimum absolute atomic E-state index is 0.00547. The van der Waals surface area contributed by atoms with Gasteiger partial charge in [0.25, 0.3) is 0 Å². The van der Waals surface area contributed by atoms with Gasteiger partial charge in [0, 0.05) is 42.4 Å². The van der Waals surface area contributed by atoms with E-state index in [-0.39, 0.29) is 72.2 Å². The zero-order chi connectivity index (χ0) is 38.5. The number of ether oxygens (including phenoxy) is 3. The van der Waals surface area contributed by atoms with Gasteiger partial charge in [0.2, 0.25) is 0 Å². The molecule has 0 spiro atoms. The van der Waals surface area contributed by atoms with Gasteiger partial charge in [0.15, 0.2) is 5.82 Å². The third-order valence-electron chi connectivity index (χ3n) is 10.4. The van der Waals surface area contributed by atoms with Crippen LogP contribution in [-0.2, 0) is 14.3 Å². The van der Waals surface area contributed by atoms with Crippen LogP contribution in [0, 0.1) is 28.9 Å². The van der Waals surface area contributed by atoms with Gasteiger partial charge >= 0.3 is 18.1 Å². The number of benzene rings is 2. The molecule has 1 unspecified atom stereocenters. The van der Waals surface area contributed by atoms with Crippen LogP contribution in [0.25, 0.3) is 32.1 Å². The minimum Gasteiger partial charge on any atom is -0.469 e. The summed E-state index contributed by atoms with van der Waals surface area (Å²) in [6, 6.07) is 5.95. The lowest BCUT2D eigenvalue weighted by Crippen LogP contribution is -2.43. The largest absolute Gasteiger partial charge is 0.469 e. The number of hydrogen-bond donors (Lipinski definition) is 1. The van der Waals surface area contributed by atoms with Crippen molar-refractivity contribution in [3.63, 3.8) is 0 Å². The Bertz CT molecular complexity index is 2190. The van der Waals surface area contributed by atoms with Gasteiger partial charge in [-0.05, 0) is 77.1 Å². The molecule has 3 atom stereocenters. The highest BCUT2D eigenvalue weighted by Gasteiger charge is 2.49. The first-order valence-corrected chi connectivity index (χ1v) is 19.1. The molecule has 2 aromatic heterocycles. The van der Waals surface area contributed by atoms with Gasteiger partial charge in [0.1, 0.15) is 46.6 Å². The number of hydrogen-bond acceptors (Lipinski definition) is 11. The fraction of sp³-hybridized carbons (Fsp3) is 0.500. The van der Waals surface area contributed by atoms with E-state index in [4.69, 9.17) is 30.8 Å². The fourth-order valence-corrected chi connectivity index (χ4v) is 9.40. The number of halogens is 4. The molecule has 0 radical (unpaired) electrons. The van der Waals surface area contributed by atoms with Crippen molar-refractivity contribution in [3.05, 3.63) is 40.4 Å². The Morgan fingerprint density at radius 2 is 1.96 bits per heavy atom. The molecule has 3 saturated heterocycles. The van der Waals surface area contributed by atoms with E-state index >= 15 is 8.78 Å². The molecule has 0 aliphatic carbocycles. The van der Waals surface area contributed by atoms with E-state index in [0.29, 0.717) is 51.1 Å². The zero-order valence-corrected chi connectivity index (χ0v) is 31.9. The third kappa shape index (κ3) is 7.11. The molecule has 5 heterocycles. The highest BCUT2D eigenvalue weighted by atomic mass is 35.5. The van der Waals surface area contributed by atoms with Crippen LogP contribution >= 0.6 is 22.9 Å². The number of aromatic nitrogens is 2. The molecule has 286 valence electrons. The molecule has 11 nitrogen and oxygen atoms in total. The van der Waals surface area contributed by atoms with E-state index in [9.17, 15) is 19.2 Å². The highest BCUT2D eigenvalue weighted by Crippen LogP contribution is 2.47. The number of nitriles is 1. The molecule has 7 rings (SSSR count). The van der Waals surface area contributed by atoms with Crippen LogP contribution in [0.5, 0.6) is 6.01 Å². The quantitative estimate of drug-likeness (QED) is 0.183. The smallest absolute Gasteiger partial charge is 0.412 e. The number of rotatable bonds is 7. The van der Waals surface area contributed by atoms with Crippen LogP contribution < -0.4 is 15.0 Å². The van der Waals surface area contributed by atoms with Gasteiger partial charge in [-0.2, -0.15) is 15.2 Å². The highest BCUT2D eigenvalue weighted by molar-refractivity contribution is 7.23. The molecule has 3 aliphatic rings. The Morgan fingerprint density at radius 3 is 2.70 bits per heavy atom. The van der Waals surface area contributed by atoms with E-state index < -0.39 is 35.0 Å². The van der Waals surface area contributed by atoms with Gasteiger partial charge < -0.3 is 19.1 Å². The van der Waals surface area contributed by atoms with Crippen LogP contribution in [0.15, 0.2) is 18.2 Å². The Balaban J connectivity index is 1.35. The number of esters is 1. The van der Waals surface area contributed by atoms with Crippen molar-refractivity contribution >= 4 is 66.8 Å². The fourth-order valence-electron chi connectivity index (χ4n) is 8.04. The van der Waals surface area contributed by atoms with Crippen molar-refractivity contribution in [2.75, 3.05) is 50.1 Å². The van der Waals surface area contributed by atoms with Crippen molar-refractivity contribution in [1.82, 2.24) is 14.9 Å². The zero-order valence-electron chi connectivity index (χ0n) is 30.4. The van der Waals surface area contributed by atoms with Crippen LogP contribution in [0.1, 0.15) is 64.9 Å². The average molecular weight is 785 g/mol. The van der Waals surface area contributed by atoms with Gasteiger partial charge in [0.05, 0.1) is 33.9 Å². The standard InChI is InChI=1S/C38H40ClF3N6O5S/c1-37(2,3)53-36(50)46-33-24(17-43)27-22(8-9-26(41)31(27)54-33)28-25(39)15-23-30(29(28)42)44-35(52-19-38-11-6-13-48(38)18-21(40)16-38)45-32(23)47-12-5-7-20(10-14-47)34(49)51-4/h8-9,15,20-21H,5-7,10-14,16,18-19H2,1-4H3,(H,46,50)/t20?,21-,38+/m1/s1. The predicted molar refractivity (Wildman–Crippen MR) is 200 cm³/mol. The molecule has 0 bridgehead atoms. The van der Waals surface area contributed by atoms with Crippen LogP contribution in [0.2, 0.25) is 5.02 Å². The molecule has 1 amide bonds. The molecule has 3 fully saturated rings. The molecule has 1 N–H and O–H groups in total. The number of carbonyl (C=O) groups excluding carboxylic acids is 2. The number of amides is 1. The molecular weight excluding hydrogens is 745 g/mol. The SMILES string of the molecule is COC(=O)C1CCCN(c2nc(OC[C@@]34CCCN3C[C@H](F)C4)nc3c(F)c(-c4ccc(F)c5sc(NC(=O)OC(C)(C)C)c(C#N)c45)c(Cl)cc23)CC1. The van der Waals surface area contributed by atoms with Crippen LogP contribution in [-0.4, -0.2) is 84.1 Å². The Kier molecular flexibility index (Phi) is 10.3. The maximum absolute atomic E-state index is 17.3. The summed E-state index contributed by atoms with van der Waals surface area (Å²) in [6.45, 7) is 7.13. The molecule has 2 aromatic carbocycles. The normalized spacial score (nSPS) is 21.9. The Morgan fingerprint density at radius 1 is 1.17 bits per heavy atom. The summed E-state index contributed by atoms with van der Waals surface area (Å²) in [5.41, 5.74) is -1.60. The number of fused-ring (bicyclic) bond motifs is 3. The predicted octanol–water partition coefficient (Wildman–Crippen LogP) is 8.40. The molecular formula is C38H40ClF3N6O5S. The monoisotopic (exact) mass is 784 g/mol. The second kappa shape index (κ2) is 14.7. The first kappa shape index (κ1) is 37.9. The number of carbonyl (C=O) groups is 2. The maximum Gasteiger partial charge on any atom is 0.412 e. The summed E-state index contributed by atoms with van der Waals surface area (Å²) in [5, 5.41) is 13.1. The molecule has 3 aliphatic heterocycles. The lowest BCUT2D eigenvalue weighted by atomic mass is 9.95. The summed E-state index contributed by atoms with van der Waals surface area (Å²) >= 11 is 7.74. The minimum atomic E-state index is -0.980. The van der Waals surface area contributed by atoms with Gasteiger partial charge in [-0.3, -0.25) is 15.0 Å². The lowest BCUT2D eigenvalue weighted by molar-refractivity contribution is -0.145. The van der Waals surface area contributed by atoms with Gasteiger partial charge in [-0.1, -0.05) is 17.7 Å². The van der Waals surface area contributed by atoms with E-state index in [0.717, 1.165) is 36.8 Å². The van der Waals surface area contributed by atoms with Crippen molar-refractivity contribution in [1.29, 1.82) is 5.26 Å². The second-order valence-electron chi connectivity index (χ2n) is 15.1. The topological polar surface area (TPSA) is 130 Å². The average Bonchev–Trinajstić information content (AvgIpc) is 3.69. The number of nitrogens with one attached hydrogen (secondary N) is 1. The summed E-state index contributed by atoms with van der Waals surface area (Å²) < 4.78 is 63.9. The summed E-state index contributed by atoms with van der Waals surface area (Å²) in [7, 11) is 1.36. The number of nitrogens with zero attached hydrogens (tertiary/aromatic N) is 5. The van der Waals surface area contributed by atoms with Crippen molar-refractivity contribution in [3.8, 4) is 23.2 Å². The first-order valence-electron chi connectivity index (χ1n) is 17.9. The second-order valence-corrected chi connectivity index (χ2v) is 16.5. The number of alkyl halides is 1. The first-order chi connectivity index (χ1) is 25.7.